The number of hydrogen-bond donors (Lipinski definition) is 1. The van der Waals surface area contributed by atoms with Gasteiger partial charge in [-0.1, -0.05) is 18.2 Å². The molecular formula is C13H14BrN3. The fourth-order valence-electron chi connectivity index (χ4n) is 2.47. The number of aromatic nitrogens is 2. The molecule has 0 saturated carbocycles. The van der Waals surface area contributed by atoms with E-state index in [-0.39, 0.29) is 0 Å². The van der Waals surface area contributed by atoms with Crippen LogP contribution in [-0.4, -0.2) is 16.5 Å². The van der Waals surface area contributed by atoms with Gasteiger partial charge in [0.25, 0.3) is 0 Å². The summed E-state index contributed by atoms with van der Waals surface area (Å²) < 4.78 is 0.683. The van der Waals surface area contributed by atoms with E-state index in [2.05, 4.69) is 56.3 Å². The predicted octanol–water partition coefficient (Wildman–Crippen LogP) is 3.13. The molecule has 1 unspecified atom stereocenters. The topological polar surface area (TPSA) is 37.8 Å². The average Bonchev–Trinajstić information content (AvgIpc) is 2.83. The summed E-state index contributed by atoms with van der Waals surface area (Å²) in [6.07, 6.45) is 2.38. The monoisotopic (exact) mass is 291 g/mol. The molecule has 1 N–H and O–H groups in total. The van der Waals surface area contributed by atoms with Crippen molar-refractivity contribution < 1.29 is 0 Å². The van der Waals surface area contributed by atoms with Crippen molar-refractivity contribution in [2.75, 3.05) is 6.54 Å². The van der Waals surface area contributed by atoms with Crippen molar-refractivity contribution in [2.45, 2.75) is 25.8 Å². The van der Waals surface area contributed by atoms with Crippen LogP contribution in [0.3, 0.4) is 0 Å². The van der Waals surface area contributed by atoms with Crippen LogP contribution < -0.4 is 5.32 Å². The highest BCUT2D eigenvalue weighted by atomic mass is 79.9. The lowest BCUT2D eigenvalue weighted by Crippen LogP contribution is -2.15. The lowest BCUT2D eigenvalue weighted by Gasteiger charge is -2.13. The summed E-state index contributed by atoms with van der Waals surface area (Å²) in [7, 11) is 0. The highest BCUT2D eigenvalue weighted by molar-refractivity contribution is 9.10. The fraction of sp³-hybridized carbons (Fsp3) is 0.385. The summed E-state index contributed by atoms with van der Waals surface area (Å²) >= 11 is 3.41. The first kappa shape index (κ1) is 11.1. The van der Waals surface area contributed by atoms with Gasteiger partial charge in [-0.3, -0.25) is 0 Å². The standard InChI is InChI=1S/C13H14BrN3/c1-8-4-2-5-9-11(8)16-13(14)17-12(9)10-6-3-7-15-10/h2,4-5,10,15H,3,6-7H2,1H3. The molecule has 17 heavy (non-hydrogen) atoms. The van der Waals surface area contributed by atoms with Gasteiger partial charge in [-0.05, 0) is 47.8 Å². The van der Waals surface area contributed by atoms with Gasteiger partial charge in [0.05, 0.1) is 17.3 Å². The Morgan fingerprint density at radius 3 is 3.00 bits per heavy atom. The molecule has 1 aliphatic rings. The zero-order valence-electron chi connectivity index (χ0n) is 9.70. The van der Waals surface area contributed by atoms with E-state index in [1.807, 2.05) is 0 Å². The highest BCUT2D eigenvalue weighted by Gasteiger charge is 2.21. The minimum absolute atomic E-state index is 0.374. The van der Waals surface area contributed by atoms with Crippen LogP contribution >= 0.6 is 15.9 Å². The second-order valence-corrected chi connectivity index (χ2v) is 5.21. The van der Waals surface area contributed by atoms with Crippen molar-refractivity contribution in [1.82, 2.24) is 15.3 Å². The Morgan fingerprint density at radius 1 is 1.35 bits per heavy atom. The van der Waals surface area contributed by atoms with Crippen LogP contribution in [0.5, 0.6) is 0 Å². The van der Waals surface area contributed by atoms with Crippen LogP contribution in [0.1, 0.15) is 30.1 Å². The molecule has 3 nitrogen and oxygen atoms in total. The van der Waals surface area contributed by atoms with Gasteiger partial charge in [-0.25, -0.2) is 9.97 Å². The number of para-hydroxylation sites is 1. The maximum Gasteiger partial charge on any atom is 0.197 e. The van der Waals surface area contributed by atoms with Gasteiger partial charge in [-0.15, -0.1) is 0 Å². The van der Waals surface area contributed by atoms with Crippen LogP contribution in [0.15, 0.2) is 22.9 Å². The Morgan fingerprint density at radius 2 is 2.24 bits per heavy atom. The Hall–Kier alpha value is -1.000. The molecule has 2 heterocycles. The number of rotatable bonds is 1. The lowest BCUT2D eigenvalue weighted by atomic mass is 10.0. The molecule has 0 bridgehead atoms. The van der Waals surface area contributed by atoms with Crippen LogP contribution in [0, 0.1) is 6.92 Å². The van der Waals surface area contributed by atoms with E-state index >= 15 is 0 Å². The molecule has 0 spiro atoms. The van der Waals surface area contributed by atoms with Gasteiger partial charge in [0, 0.05) is 5.39 Å². The largest absolute Gasteiger partial charge is 0.309 e. The van der Waals surface area contributed by atoms with Crippen molar-refractivity contribution in [3.63, 3.8) is 0 Å². The SMILES string of the molecule is Cc1cccc2c(C3CCCN3)nc(Br)nc12. The number of halogens is 1. The molecule has 1 atom stereocenters. The number of aryl methyl sites for hydroxylation is 1. The molecule has 4 heteroatoms. The molecule has 1 saturated heterocycles. The minimum Gasteiger partial charge on any atom is -0.309 e. The molecule has 1 aromatic carbocycles. The van der Waals surface area contributed by atoms with Crippen LogP contribution in [0.2, 0.25) is 0 Å². The molecule has 1 fully saturated rings. The first-order chi connectivity index (χ1) is 8.25. The normalized spacial score (nSPS) is 20.0. The lowest BCUT2D eigenvalue weighted by molar-refractivity contribution is 0.630. The van der Waals surface area contributed by atoms with Crippen molar-refractivity contribution in [2.24, 2.45) is 0 Å². The molecule has 1 aliphatic heterocycles. The molecule has 88 valence electrons. The second kappa shape index (κ2) is 4.35. The van der Waals surface area contributed by atoms with Crippen LogP contribution in [-0.2, 0) is 0 Å². The zero-order chi connectivity index (χ0) is 11.8. The van der Waals surface area contributed by atoms with E-state index in [9.17, 15) is 0 Å². The Balaban J connectivity index is 2.25. The average molecular weight is 292 g/mol. The van der Waals surface area contributed by atoms with Crippen molar-refractivity contribution in [3.8, 4) is 0 Å². The van der Waals surface area contributed by atoms with Crippen LogP contribution in [0.4, 0.5) is 0 Å². The minimum atomic E-state index is 0.374. The maximum atomic E-state index is 4.57. The van der Waals surface area contributed by atoms with Crippen molar-refractivity contribution in [3.05, 3.63) is 34.2 Å². The van der Waals surface area contributed by atoms with Crippen molar-refractivity contribution >= 4 is 26.8 Å². The summed E-state index contributed by atoms with van der Waals surface area (Å²) in [6, 6.07) is 6.66. The van der Waals surface area contributed by atoms with E-state index in [1.165, 1.54) is 17.4 Å². The first-order valence-corrected chi connectivity index (χ1v) is 6.71. The van der Waals surface area contributed by atoms with E-state index in [1.54, 1.807) is 0 Å². The van der Waals surface area contributed by atoms with Gasteiger partial charge >= 0.3 is 0 Å². The highest BCUT2D eigenvalue weighted by Crippen LogP contribution is 2.29. The maximum absolute atomic E-state index is 4.57. The third kappa shape index (κ3) is 1.96. The summed E-state index contributed by atoms with van der Waals surface area (Å²) in [4.78, 5) is 9.05. The smallest absolute Gasteiger partial charge is 0.197 e. The Bertz CT molecular complexity index is 562. The van der Waals surface area contributed by atoms with Gasteiger partial charge in [0.1, 0.15) is 0 Å². The van der Waals surface area contributed by atoms with Gasteiger partial charge in [-0.2, -0.15) is 0 Å². The van der Waals surface area contributed by atoms with Gasteiger partial charge < -0.3 is 5.32 Å². The molecule has 2 aromatic rings. The molecule has 0 aliphatic carbocycles. The van der Waals surface area contributed by atoms with E-state index in [4.69, 9.17) is 0 Å². The van der Waals surface area contributed by atoms with Crippen LogP contribution in [0.25, 0.3) is 10.9 Å². The summed E-state index contributed by atoms with van der Waals surface area (Å²) in [6.45, 7) is 3.17. The molecule has 1 aromatic heterocycles. The second-order valence-electron chi connectivity index (χ2n) is 4.50. The number of hydrogen-bond acceptors (Lipinski definition) is 3. The zero-order valence-corrected chi connectivity index (χ0v) is 11.3. The third-order valence-corrected chi connectivity index (χ3v) is 3.68. The van der Waals surface area contributed by atoms with Gasteiger partial charge in [0.15, 0.2) is 4.73 Å². The number of nitrogens with zero attached hydrogens (tertiary/aromatic N) is 2. The van der Waals surface area contributed by atoms with E-state index in [0.29, 0.717) is 10.8 Å². The Labute approximate surface area is 109 Å². The fourth-order valence-corrected chi connectivity index (χ4v) is 2.84. The molecule has 0 amide bonds. The summed E-state index contributed by atoms with van der Waals surface area (Å²) in [5.41, 5.74) is 3.38. The third-order valence-electron chi connectivity index (χ3n) is 3.32. The van der Waals surface area contributed by atoms with Gasteiger partial charge in [0.2, 0.25) is 0 Å². The summed E-state index contributed by atoms with van der Waals surface area (Å²) in [5.74, 6) is 0. The number of fused-ring (bicyclic) bond motifs is 1. The summed E-state index contributed by atoms with van der Waals surface area (Å²) in [5, 5.41) is 4.67. The van der Waals surface area contributed by atoms with Crippen molar-refractivity contribution in [1.29, 1.82) is 0 Å². The first-order valence-electron chi connectivity index (χ1n) is 5.92. The molecule has 0 radical (unpaired) electrons. The Kier molecular flexibility index (Phi) is 2.84. The van der Waals surface area contributed by atoms with E-state index < -0.39 is 0 Å². The molecular weight excluding hydrogens is 278 g/mol. The number of nitrogens with one attached hydrogen (secondary N) is 1. The number of benzene rings is 1. The van der Waals surface area contributed by atoms with E-state index in [0.717, 1.165) is 24.2 Å². The molecule has 3 rings (SSSR count). The quantitative estimate of drug-likeness (QED) is 0.821. The predicted molar refractivity (Wildman–Crippen MR) is 72.0 cm³/mol.